The van der Waals surface area contributed by atoms with Crippen LogP contribution in [-0.2, 0) is 0 Å². The van der Waals surface area contributed by atoms with Gasteiger partial charge in [0, 0.05) is 12.2 Å². The first-order valence-electron chi connectivity index (χ1n) is 7.57. The third kappa shape index (κ3) is 3.44. The van der Waals surface area contributed by atoms with Gasteiger partial charge in [0.2, 0.25) is 0 Å². The SMILES string of the molecule is CC1CCC2CN=C(NC(C)c3ccccc3N)N2C1.I. The average Bonchev–Trinajstić information content (AvgIpc) is 2.82. The number of nitrogens with one attached hydrogen (secondary N) is 1. The Morgan fingerprint density at radius 3 is 2.86 bits per heavy atom. The number of aliphatic imine (C=N–C) groups is 1. The number of halogens is 1. The lowest BCUT2D eigenvalue weighted by Gasteiger charge is -2.36. The number of piperidine rings is 1. The molecule has 2 aliphatic heterocycles. The number of hydrogen-bond donors (Lipinski definition) is 2. The van der Waals surface area contributed by atoms with Crippen LogP contribution in [0.25, 0.3) is 0 Å². The van der Waals surface area contributed by atoms with Crippen LogP contribution in [0, 0.1) is 5.92 Å². The summed E-state index contributed by atoms with van der Waals surface area (Å²) in [4.78, 5) is 7.15. The Balaban J connectivity index is 0.00000161. The highest BCUT2D eigenvalue weighted by molar-refractivity contribution is 14.0. The van der Waals surface area contributed by atoms with E-state index in [0.717, 1.165) is 36.2 Å². The minimum Gasteiger partial charge on any atom is -0.398 e. The van der Waals surface area contributed by atoms with Crippen molar-refractivity contribution in [3.63, 3.8) is 0 Å². The van der Waals surface area contributed by atoms with Crippen molar-refractivity contribution in [3.8, 4) is 0 Å². The van der Waals surface area contributed by atoms with Crippen molar-refractivity contribution >= 4 is 35.6 Å². The second kappa shape index (κ2) is 6.85. The Labute approximate surface area is 144 Å². The van der Waals surface area contributed by atoms with Gasteiger partial charge in [0.15, 0.2) is 5.96 Å². The van der Waals surface area contributed by atoms with Crippen LogP contribution < -0.4 is 11.1 Å². The lowest BCUT2D eigenvalue weighted by Crippen LogP contribution is -2.48. The summed E-state index contributed by atoms with van der Waals surface area (Å²) in [5.41, 5.74) is 8.04. The van der Waals surface area contributed by atoms with Crippen LogP contribution in [0.2, 0.25) is 0 Å². The molecule has 1 saturated heterocycles. The molecule has 0 amide bonds. The average molecular weight is 400 g/mol. The van der Waals surface area contributed by atoms with Crippen molar-refractivity contribution in [1.82, 2.24) is 10.2 Å². The number of para-hydroxylation sites is 1. The van der Waals surface area contributed by atoms with E-state index in [9.17, 15) is 0 Å². The molecule has 1 aromatic carbocycles. The second-order valence-electron chi connectivity index (χ2n) is 6.15. The van der Waals surface area contributed by atoms with E-state index in [4.69, 9.17) is 10.7 Å². The molecule has 0 saturated carbocycles. The van der Waals surface area contributed by atoms with Crippen molar-refractivity contribution in [2.75, 3.05) is 18.8 Å². The van der Waals surface area contributed by atoms with Gasteiger partial charge in [-0.25, -0.2) is 0 Å². The number of nitrogens with two attached hydrogens (primary N) is 1. The molecule has 0 aliphatic carbocycles. The predicted molar refractivity (Wildman–Crippen MR) is 99.0 cm³/mol. The van der Waals surface area contributed by atoms with Gasteiger partial charge >= 0.3 is 0 Å². The number of anilines is 1. The van der Waals surface area contributed by atoms with Gasteiger partial charge in [-0.05, 0) is 37.3 Å². The molecule has 21 heavy (non-hydrogen) atoms. The largest absolute Gasteiger partial charge is 0.398 e. The van der Waals surface area contributed by atoms with E-state index in [1.165, 1.54) is 12.8 Å². The fourth-order valence-electron chi connectivity index (χ4n) is 3.25. The van der Waals surface area contributed by atoms with Crippen molar-refractivity contribution < 1.29 is 0 Å². The van der Waals surface area contributed by atoms with E-state index in [-0.39, 0.29) is 30.0 Å². The first kappa shape index (κ1) is 16.4. The molecule has 5 heteroatoms. The van der Waals surface area contributed by atoms with Crippen molar-refractivity contribution in [3.05, 3.63) is 29.8 Å². The van der Waals surface area contributed by atoms with Crippen LogP contribution in [0.1, 0.15) is 38.3 Å². The third-order valence-corrected chi connectivity index (χ3v) is 4.47. The number of nitrogens with zero attached hydrogens (tertiary/aromatic N) is 2. The number of hydrogen-bond acceptors (Lipinski definition) is 4. The van der Waals surface area contributed by atoms with Gasteiger partial charge in [-0.3, -0.25) is 4.99 Å². The standard InChI is InChI=1S/C16H24N4.HI/c1-11-7-8-13-9-18-16(20(13)10-11)19-12(2)14-5-3-4-6-15(14)17;/h3-6,11-13H,7-10,17H2,1-2H3,(H,18,19);1H. The summed E-state index contributed by atoms with van der Waals surface area (Å²) in [6.45, 7) is 6.53. The smallest absolute Gasteiger partial charge is 0.194 e. The quantitative estimate of drug-likeness (QED) is 0.593. The van der Waals surface area contributed by atoms with E-state index in [0.29, 0.717) is 6.04 Å². The molecular weight excluding hydrogens is 375 g/mol. The molecule has 116 valence electrons. The monoisotopic (exact) mass is 400 g/mol. The maximum Gasteiger partial charge on any atom is 0.194 e. The van der Waals surface area contributed by atoms with Gasteiger partial charge < -0.3 is 16.0 Å². The molecule has 2 heterocycles. The zero-order chi connectivity index (χ0) is 14.1. The second-order valence-corrected chi connectivity index (χ2v) is 6.15. The first-order valence-corrected chi connectivity index (χ1v) is 7.57. The van der Waals surface area contributed by atoms with Gasteiger partial charge in [-0.15, -0.1) is 24.0 Å². The minimum absolute atomic E-state index is 0. The van der Waals surface area contributed by atoms with Gasteiger partial charge in [0.25, 0.3) is 0 Å². The number of benzene rings is 1. The zero-order valence-corrected chi connectivity index (χ0v) is 15.1. The number of guanidine groups is 1. The lowest BCUT2D eigenvalue weighted by atomic mass is 9.95. The van der Waals surface area contributed by atoms with Gasteiger partial charge in [0.1, 0.15) is 0 Å². The van der Waals surface area contributed by atoms with E-state index in [1.807, 2.05) is 18.2 Å². The third-order valence-electron chi connectivity index (χ3n) is 4.47. The molecular formula is C16H25IN4. The van der Waals surface area contributed by atoms with E-state index < -0.39 is 0 Å². The van der Waals surface area contributed by atoms with Crippen LogP contribution in [0.5, 0.6) is 0 Å². The van der Waals surface area contributed by atoms with Crippen LogP contribution in [0.3, 0.4) is 0 Å². The normalized spacial score (nSPS) is 25.6. The summed E-state index contributed by atoms with van der Waals surface area (Å²) in [7, 11) is 0. The van der Waals surface area contributed by atoms with E-state index in [1.54, 1.807) is 0 Å². The number of fused-ring (bicyclic) bond motifs is 1. The number of nitrogen functional groups attached to an aromatic ring is 1. The highest BCUT2D eigenvalue weighted by Gasteiger charge is 2.33. The molecule has 0 spiro atoms. The van der Waals surface area contributed by atoms with Crippen molar-refractivity contribution in [1.29, 1.82) is 0 Å². The van der Waals surface area contributed by atoms with Crippen LogP contribution in [0.4, 0.5) is 5.69 Å². The van der Waals surface area contributed by atoms with Crippen LogP contribution >= 0.6 is 24.0 Å². The first-order chi connectivity index (χ1) is 9.65. The molecule has 3 unspecified atom stereocenters. The molecule has 4 nitrogen and oxygen atoms in total. The van der Waals surface area contributed by atoms with Crippen LogP contribution in [0.15, 0.2) is 29.3 Å². The highest BCUT2D eigenvalue weighted by atomic mass is 127. The molecule has 0 radical (unpaired) electrons. The Morgan fingerprint density at radius 2 is 2.10 bits per heavy atom. The maximum atomic E-state index is 6.06. The molecule has 1 aromatic rings. The van der Waals surface area contributed by atoms with Crippen molar-refractivity contribution in [2.24, 2.45) is 10.9 Å². The van der Waals surface area contributed by atoms with E-state index >= 15 is 0 Å². The maximum absolute atomic E-state index is 6.06. The molecule has 0 aromatic heterocycles. The molecule has 3 N–H and O–H groups in total. The number of rotatable bonds is 2. The van der Waals surface area contributed by atoms with E-state index in [2.05, 4.69) is 30.1 Å². The Hall–Kier alpha value is -0.980. The molecule has 3 rings (SSSR count). The minimum atomic E-state index is 0. The zero-order valence-electron chi connectivity index (χ0n) is 12.7. The summed E-state index contributed by atoms with van der Waals surface area (Å²) in [5.74, 6) is 1.81. The Kier molecular flexibility index (Phi) is 5.35. The summed E-state index contributed by atoms with van der Waals surface area (Å²) in [6.07, 6.45) is 2.59. The summed E-state index contributed by atoms with van der Waals surface area (Å²) in [6, 6.07) is 8.83. The van der Waals surface area contributed by atoms with Gasteiger partial charge in [-0.1, -0.05) is 25.1 Å². The summed E-state index contributed by atoms with van der Waals surface area (Å²) < 4.78 is 0. The fraction of sp³-hybridized carbons (Fsp3) is 0.562. The van der Waals surface area contributed by atoms with Crippen LogP contribution in [-0.4, -0.2) is 30.0 Å². The lowest BCUT2D eigenvalue weighted by molar-refractivity contribution is 0.210. The molecule has 0 bridgehead atoms. The fourth-order valence-corrected chi connectivity index (χ4v) is 3.25. The topological polar surface area (TPSA) is 53.6 Å². The predicted octanol–water partition coefficient (Wildman–Crippen LogP) is 3.01. The molecule has 1 fully saturated rings. The van der Waals surface area contributed by atoms with Gasteiger partial charge in [-0.2, -0.15) is 0 Å². The highest BCUT2D eigenvalue weighted by Crippen LogP contribution is 2.27. The Bertz CT molecular complexity index is 517. The molecule has 2 aliphatic rings. The Morgan fingerprint density at radius 1 is 1.33 bits per heavy atom. The van der Waals surface area contributed by atoms with Crippen molar-refractivity contribution in [2.45, 2.75) is 38.8 Å². The summed E-state index contributed by atoms with van der Waals surface area (Å²) >= 11 is 0. The summed E-state index contributed by atoms with van der Waals surface area (Å²) in [5, 5.41) is 3.55. The molecule has 3 atom stereocenters. The van der Waals surface area contributed by atoms with Gasteiger partial charge in [0.05, 0.1) is 18.6 Å².